The van der Waals surface area contributed by atoms with Gasteiger partial charge in [0.1, 0.15) is 12.1 Å². The summed E-state index contributed by atoms with van der Waals surface area (Å²) in [6.45, 7) is 3.88. The van der Waals surface area contributed by atoms with Crippen molar-refractivity contribution in [2.24, 2.45) is 5.10 Å². The molecular formula is C25H20ClF3N6OS. The standard InChI is InChI=1S/C25H20ClF3N6OS/c1-15-11-19(26)12-16(2)22(15)32-24(37)33-31-13-17-3-5-18(6-4-17)23-30-14-35(34-23)20-7-9-21(10-8-20)36-25(27,28)29/h3-14H,1-2H3,(H2,32,33,37). The molecule has 0 spiro atoms. The summed E-state index contributed by atoms with van der Waals surface area (Å²) in [7, 11) is 0. The van der Waals surface area contributed by atoms with Gasteiger partial charge in [0.2, 0.25) is 0 Å². The average molecular weight is 545 g/mol. The van der Waals surface area contributed by atoms with Crippen molar-refractivity contribution >= 4 is 40.8 Å². The Balaban J connectivity index is 1.35. The highest BCUT2D eigenvalue weighted by atomic mass is 35.5. The van der Waals surface area contributed by atoms with E-state index < -0.39 is 6.36 Å². The van der Waals surface area contributed by atoms with Crippen LogP contribution in [0.2, 0.25) is 5.02 Å². The van der Waals surface area contributed by atoms with Gasteiger partial charge in [-0.05, 0) is 79.2 Å². The molecule has 0 aliphatic carbocycles. The third-order valence-electron chi connectivity index (χ3n) is 5.11. The Morgan fingerprint density at radius 3 is 2.32 bits per heavy atom. The van der Waals surface area contributed by atoms with E-state index in [0.717, 1.165) is 27.9 Å². The molecule has 190 valence electrons. The molecule has 0 amide bonds. The van der Waals surface area contributed by atoms with Gasteiger partial charge in [-0.2, -0.15) is 5.10 Å². The van der Waals surface area contributed by atoms with Gasteiger partial charge in [-0.3, -0.25) is 5.43 Å². The summed E-state index contributed by atoms with van der Waals surface area (Å²) in [4.78, 5) is 4.28. The molecule has 0 bridgehead atoms. The number of halogens is 4. The van der Waals surface area contributed by atoms with E-state index in [4.69, 9.17) is 23.8 Å². The van der Waals surface area contributed by atoms with Gasteiger partial charge >= 0.3 is 6.36 Å². The molecule has 1 heterocycles. The molecule has 0 radical (unpaired) electrons. The average Bonchev–Trinajstić information content (AvgIpc) is 3.32. The van der Waals surface area contributed by atoms with E-state index in [1.54, 1.807) is 6.21 Å². The van der Waals surface area contributed by atoms with Crippen LogP contribution in [-0.4, -0.2) is 32.5 Å². The number of aryl methyl sites for hydroxylation is 2. The van der Waals surface area contributed by atoms with E-state index in [2.05, 4.69) is 30.7 Å². The summed E-state index contributed by atoms with van der Waals surface area (Å²) < 4.78 is 42.3. The quantitative estimate of drug-likeness (QED) is 0.166. The first-order valence-electron chi connectivity index (χ1n) is 10.8. The van der Waals surface area contributed by atoms with Gasteiger partial charge in [0, 0.05) is 16.3 Å². The van der Waals surface area contributed by atoms with E-state index in [1.807, 2.05) is 50.2 Å². The van der Waals surface area contributed by atoms with Crippen LogP contribution in [0.4, 0.5) is 18.9 Å². The number of hydrazone groups is 1. The second-order valence-corrected chi connectivity index (χ2v) is 8.76. The van der Waals surface area contributed by atoms with E-state index in [-0.39, 0.29) is 5.75 Å². The van der Waals surface area contributed by atoms with Gasteiger partial charge in [-0.1, -0.05) is 35.9 Å². The lowest BCUT2D eigenvalue weighted by atomic mass is 10.1. The fourth-order valence-corrected chi connectivity index (χ4v) is 3.94. The van der Waals surface area contributed by atoms with Crippen LogP contribution in [0.1, 0.15) is 16.7 Å². The van der Waals surface area contributed by atoms with Crippen LogP contribution < -0.4 is 15.5 Å². The molecule has 0 saturated heterocycles. The van der Waals surface area contributed by atoms with Crippen molar-refractivity contribution in [2.75, 3.05) is 5.32 Å². The number of hydrogen-bond donors (Lipinski definition) is 2. The molecule has 0 unspecified atom stereocenters. The number of aromatic nitrogens is 3. The minimum Gasteiger partial charge on any atom is -0.406 e. The molecular weight excluding hydrogens is 525 g/mol. The SMILES string of the molecule is Cc1cc(Cl)cc(C)c1NC(=S)NN=Cc1ccc(-c2ncn(-c3ccc(OC(F)(F)F)cc3)n2)cc1. The van der Waals surface area contributed by atoms with Crippen molar-refractivity contribution < 1.29 is 17.9 Å². The number of ether oxygens (including phenoxy) is 1. The highest BCUT2D eigenvalue weighted by Gasteiger charge is 2.31. The van der Waals surface area contributed by atoms with Crippen molar-refractivity contribution in [1.82, 2.24) is 20.2 Å². The highest BCUT2D eigenvalue weighted by Crippen LogP contribution is 2.25. The summed E-state index contributed by atoms with van der Waals surface area (Å²) in [6, 6.07) is 16.4. The van der Waals surface area contributed by atoms with Gasteiger partial charge < -0.3 is 10.1 Å². The smallest absolute Gasteiger partial charge is 0.406 e. The Morgan fingerprint density at radius 1 is 1.05 bits per heavy atom. The van der Waals surface area contributed by atoms with Crippen LogP contribution >= 0.6 is 23.8 Å². The molecule has 4 rings (SSSR count). The third-order valence-corrected chi connectivity index (χ3v) is 5.52. The van der Waals surface area contributed by atoms with Gasteiger partial charge in [0.15, 0.2) is 10.9 Å². The van der Waals surface area contributed by atoms with Crippen molar-refractivity contribution in [3.8, 4) is 22.8 Å². The van der Waals surface area contributed by atoms with Crippen molar-refractivity contribution in [2.45, 2.75) is 20.2 Å². The van der Waals surface area contributed by atoms with Gasteiger partial charge in [-0.15, -0.1) is 18.3 Å². The molecule has 37 heavy (non-hydrogen) atoms. The third kappa shape index (κ3) is 7.05. The Labute approximate surface area is 220 Å². The summed E-state index contributed by atoms with van der Waals surface area (Å²) in [5.41, 5.74) is 7.72. The van der Waals surface area contributed by atoms with Crippen molar-refractivity contribution in [3.05, 3.63) is 88.7 Å². The molecule has 12 heteroatoms. The molecule has 2 N–H and O–H groups in total. The predicted molar refractivity (Wildman–Crippen MR) is 141 cm³/mol. The number of nitrogens with zero attached hydrogens (tertiary/aromatic N) is 4. The molecule has 0 fully saturated rings. The van der Waals surface area contributed by atoms with E-state index in [0.29, 0.717) is 21.6 Å². The molecule has 4 aromatic rings. The molecule has 0 aliphatic rings. The Bertz CT molecular complexity index is 1410. The lowest BCUT2D eigenvalue weighted by Gasteiger charge is -2.13. The summed E-state index contributed by atoms with van der Waals surface area (Å²) in [5, 5.41) is 12.7. The monoisotopic (exact) mass is 544 g/mol. The number of hydrogen-bond acceptors (Lipinski definition) is 5. The van der Waals surface area contributed by atoms with Crippen LogP contribution in [0.25, 0.3) is 17.1 Å². The number of nitrogens with one attached hydrogen (secondary N) is 2. The lowest BCUT2D eigenvalue weighted by Crippen LogP contribution is -2.24. The summed E-state index contributed by atoms with van der Waals surface area (Å²) >= 11 is 11.4. The maximum atomic E-state index is 12.3. The second-order valence-electron chi connectivity index (χ2n) is 7.92. The number of benzene rings is 3. The Kier molecular flexibility index (Phi) is 7.74. The normalized spacial score (nSPS) is 11.5. The fraction of sp³-hybridized carbons (Fsp3) is 0.120. The van der Waals surface area contributed by atoms with Gasteiger partial charge in [0.05, 0.1) is 11.9 Å². The second kappa shape index (κ2) is 11.0. The molecule has 0 aliphatic heterocycles. The van der Waals surface area contributed by atoms with Gasteiger partial charge in [-0.25, -0.2) is 9.67 Å². The maximum Gasteiger partial charge on any atom is 0.573 e. The first-order valence-corrected chi connectivity index (χ1v) is 11.6. The van der Waals surface area contributed by atoms with E-state index in [1.165, 1.54) is 35.3 Å². The highest BCUT2D eigenvalue weighted by molar-refractivity contribution is 7.80. The molecule has 0 atom stereocenters. The molecule has 3 aromatic carbocycles. The van der Waals surface area contributed by atoms with Crippen LogP contribution in [0, 0.1) is 13.8 Å². The van der Waals surface area contributed by atoms with Crippen LogP contribution in [0.3, 0.4) is 0 Å². The van der Waals surface area contributed by atoms with Crippen LogP contribution in [-0.2, 0) is 0 Å². The zero-order valence-corrected chi connectivity index (χ0v) is 21.1. The lowest BCUT2D eigenvalue weighted by molar-refractivity contribution is -0.274. The summed E-state index contributed by atoms with van der Waals surface area (Å²) in [5.74, 6) is 0.145. The zero-order chi connectivity index (χ0) is 26.6. The Morgan fingerprint density at radius 2 is 1.70 bits per heavy atom. The minimum atomic E-state index is -4.74. The van der Waals surface area contributed by atoms with Crippen LogP contribution in [0.5, 0.6) is 5.75 Å². The predicted octanol–water partition coefficient (Wildman–Crippen LogP) is 6.42. The number of rotatable bonds is 6. The van der Waals surface area contributed by atoms with Crippen molar-refractivity contribution in [1.29, 1.82) is 0 Å². The van der Waals surface area contributed by atoms with Gasteiger partial charge in [0.25, 0.3) is 0 Å². The summed E-state index contributed by atoms with van der Waals surface area (Å²) in [6.07, 6.45) is -1.64. The first-order chi connectivity index (χ1) is 17.6. The maximum absolute atomic E-state index is 12.3. The fourth-order valence-electron chi connectivity index (χ4n) is 3.45. The number of alkyl halides is 3. The van der Waals surface area contributed by atoms with Crippen molar-refractivity contribution in [3.63, 3.8) is 0 Å². The van der Waals surface area contributed by atoms with E-state index in [9.17, 15) is 13.2 Å². The first kappa shape index (κ1) is 26.1. The van der Waals surface area contributed by atoms with Crippen LogP contribution in [0.15, 0.2) is 72.1 Å². The minimum absolute atomic E-state index is 0.310. The Hall–Kier alpha value is -3.96. The number of anilines is 1. The number of thiocarbonyl (C=S) groups is 1. The zero-order valence-electron chi connectivity index (χ0n) is 19.5. The largest absolute Gasteiger partial charge is 0.573 e. The molecule has 7 nitrogen and oxygen atoms in total. The molecule has 0 saturated carbocycles. The molecule has 1 aromatic heterocycles. The topological polar surface area (TPSA) is 76.4 Å². The van der Waals surface area contributed by atoms with E-state index >= 15 is 0 Å².